The van der Waals surface area contributed by atoms with Crippen LogP contribution in [0.5, 0.6) is 0 Å². The molecule has 0 saturated heterocycles. The second-order valence-corrected chi connectivity index (χ2v) is 13.2. The first kappa shape index (κ1) is 21.6. The number of sulfone groups is 2. The molecule has 8 heteroatoms. The van der Waals surface area contributed by atoms with E-state index in [4.69, 9.17) is 23.2 Å². The molecule has 2 aliphatic carbocycles. The molecule has 0 saturated carbocycles. The summed E-state index contributed by atoms with van der Waals surface area (Å²) in [6.45, 7) is 3.83. The second-order valence-electron chi connectivity index (χ2n) is 8.33. The third kappa shape index (κ3) is 3.34. The zero-order valence-corrected chi connectivity index (χ0v) is 19.5. The van der Waals surface area contributed by atoms with Crippen LogP contribution in [-0.4, -0.2) is 16.8 Å². The van der Waals surface area contributed by atoms with Crippen molar-refractivity contribution in [1.29, 1.82) is 0 Å². The average Bonchev–Trinajstić information content (AvgIpc) is 3.08. The van der Waals surface area contributed by atoms with Crippen molar-refractivity contribution in [3.8, 4) is 0 Å². The van der Waals surface area contributed by atoms with Crippen molar-refractivity contribution in [2.75, 3.05) is 0 Å². The molecule has 0 unspecified atom stereocenters. The molecule has 0 spiro atoms. The Bertz CT molecular complexity index is 1190. The fourth-order valence-corrected chi connectivity index (χ4v) is 7.91. The smallest absolute Gasteiger partial charge is 0.202 e. The third-order valence-corrected chi connectivity index (χ3v) is 10.5. The number of halogens is 2. The summed E-state index contributed by atoms with van der Waals surface area (Å²) in [5, 5.41) is 0.926. The van der Waals surface area contributed by atoms with Gasteiger partial charge in [-0.05, 0) is 66.8 Å². The Morgan fingerprint density at radius 3 is 1.30 bits per heavy atom. The van der Waals surface area contributed by atoms with Gasteiger partial charge in [-0.25, -0.2) is 16.8 Å². The highest BCUT2D eigenvalue weighted by Gasteiger charge is 2.55. The van der Waals surface area contributed by atoms with Gasteiger partial charge < -0.3 is 0 Å². The molecule has 0 bridgehead atoms. The molecule has 2 aliphatic rings. The Morgan fingerprint density at radius 2 is 1.00 bits per heavy atom. The van der Waals surface area contributed by atoms with Gasteiger partial charge in [0.05, 0.1) is 9.79 Å². The maximum Gasteiger partial charge on any atom is 0.202 e. The zero-order valence-electron chi connectivity index (χ0n) is 16.4. The van der Waals surface area contributed by atoms with Crippen LogP contribution in [0, 0.1) is 10.8 Å². The summed E-state index contributed by atoms with van der Waals surface area (Å²) >= 11 is 11.8. The van der Waals surface area contributed by atoms with Crippen LogP contribution in [-0.2, 0) is 19.7 Å². The standard InChI is InChI=1S/C22H20Cl2O4S2/c1-21-11-19(29(25,26)17-7-3-15(23)4-8-17)13-22(21,2)14-20(12-21)30(27,28)18-9-5-16(24)6-10-18/h3-12H,13-14H2,1-2H3. The lowest BCUT2D eigenvalue weighted by atomic mass is 9.70. The lowest BCUT2D eigenvalue weighted by Gasteiger charge is -2.33. The molecule has 158 valence electrons. The molecule has 0 heterocycles. The highest BCUT2D eigenvalue weighted by molar-refractivity contribution is 7.95. The molecule has 30 heavy (non-hydrogen) atoms. The van der Waals surface area contributed by atoms with E-state index in [2.05, 4.69) is 0 Å². The molecule has 2 aromatic carbocycles. The Kier molecular flexibility index (Phi) is 5.01. The number of rotatable bonds is 4. The maximum atomic E-state index is 13.1. The Labute approximate surface area is 187 Å². The molecule has 0 atom stereocenters. The number of benzene rings is 2. The van der Waals surface area contributed by atoms with Gasteiger partial charge in [0, 0.05) is 25.3 Å². The van der Waals surface area contributed by atoms with Crippen LogP contribution in [0.4, 0.5) is 0 Å². The van der Waals surface area contributed by atoms with E-state index < -0.39 is 30.5 Å². The van der Waals surface area contributed by atoms with Crippen molar-refractivity contribution in [2.24, 2.45) is 10.8 Å². The molecule has 4 rings (SSSR count). The van der Waals surface area contributed by atoms with E-state index in [-0.39, 0.29) is 22.6 Å². The van der Waals surface area contributed by atoms with E-state index >= 15 is 0 Å². The lowest BCUT2D eigenvalue weighted by Crippen LogP contribution is -2.26. The van der Waals surface area contributed by atoms with Crippen molar-refractivity contribution in [3.05, 3.63) is 80.5 Å². The van der Waals surface area contributed by atoms with Crippen LogP contribution in [0.1, 0.15) is 26.7 Å². The molecule has 0 fully saturated rings. The SMILES string of the molecule is CC12C=C(S(=O)(=O)c3ccc(Cl)cc3)CC1(C)CC(S(=O)(=O)c1ccc(Cl)cc1)=C2. The number of hydrogen-bond acceptors (Lipinski definition) is 4. The predicted octanol–water partition coefficient (Wildman–Crippen LogP) is 5.83. The fourth-order valence-electron chi connectivity index (χ4n) is 4.25. The first-order valence-corrected chi connectivity index (χ1v) is 13.0. The monoisotopic (exact) mass is 482 g/mol. The minimum Gasteiger partial charge on any atom is -0.219 e. The van der Waals surface area contributed by atoms with Crippen LogP contribution in [0.15, 0.2) is 80.3 Å². The van der Waals surface area contributed by atoms with Crippen LogP contribution >= 0.6 is 23.2 Å². The summed E-state index contributed by atoms with van der Waals surface area (Å²) in [4.78, 5) is 0.995. The van der Waals surface area contributed by atoms with Gasteiger partial charge in [0.1, 0.15) is 0 Å². The maximum absolute atomic E-state index is 13.1. The summed E-state index contributed by atoms with van der Waals surface area (Å²) in [7, 11) is -7.35. The van der Waals surface area contributed by atoms with Gasteiger partial charge in [-0.1, -0.05) is 49.2 Å². The largest absolute Gasteiger partial charge is 0.219 e. The zero-order chi connectivity index (χ0) is 21.9. The summed E-state index contributed by atoms with van der Waals surface area (Å²) in [6.07, 6.45) is 3.96. The second kappa shape index (κ2) is 6.95. The van der Waals surface area contributed by atoms with Gasteiger partial charge in [0.2, 0.25) is 19.7 Å². The molecule has 0 aliphatic heterocycles. The van der Waals surface area contributed by atoms with Crippen molar-refractivity contribution < 1.29 is 16.8 Å². The Balaban J connectivity index is 1.73. The van der Waals surface area contributed by atoms with E-state index in [0.29, 0.717) is 19.9 Å². The van der Waals surface area contributed by atoms with Gasteiger partial charge in [0.25, 0.3) is 0 Å². The van der Waals surface area contributed by atoms with Crippen molar-refractivity contribution in [2.45, 2.75) is 36.5 Å². The molecule has 0 N–H and O–H groups in total. The van der Waals surface area contributed by atoms with E-state index in [1.54, 1.807) is 36.4 Å². The molecular weight excluding hydrogens is 463 g/mol. The van der Waals surface area contributed by atoms with Crippen molar-refractivity contribution in [1.82, 2.24) is 0 Å². The van der Waals surface area contributed by atoms with Crippen LogP contribution in [0.3, 0.4) is 0 Å². The van der Waals surface area contributed by atoms with E-state index in [9.17, 15) is 16.8 Å². The first-order valence-electron chi connectivity index (χ1n) is 9.32. The van der Waals surface area contributed by atoms with E-state index in [0.717, 1.165) is 0 Å². The molecule has 4 nitrogen and oxygen atoms in total. The topological polar surface area (TPSA) is 68.3 Å². The highest BCUT2D eigenvalue weighted by atomic mass is 35.5. The van der Waals surface area contributed by atoms with E-state index in [1.165, 1.54) is 24.3 Å². The van der Waals surface area contributed by atoms with Crippen LogP contribution < -0.4 is 0 Å². The highest BCUT2D eigenvalue weighted by Crippen LogP contribution is 2.62. The lowest BCUT2D eigenvalue weighted by molar-refractivity contribution is 0.217. The molecule has 0 radical (unpaired) electrons. The first-order chi connectivity index (χ1) is 13.9. The van der Waals surface area contributed by atoms with Gasteiger partial charge in [0.15, 0.2) is 0 Å². The number of allylic oxidation sites excluding steroid dienone is 4. The number of fused-ring (bicyclic) bond motifs is 1. The van der Waals surface area contributed by atoms with Crippen molar-refractivity contribution >= 4 is 42.9 Å². The molecule has 0 aromatic heterocycles. The quantitative estimate of drug-likeness (QED) is 0.549. The van der Waals surface area contributed by atoms with Crippen LogP contribution in [0.2, 0.25) is 10.0 Å². The summed E-state index contributed by atoms with van der Waals surface area (Å²) in [5.41, 5.74) is -1.23. The minimum atomic E-state index is -3.67. The van der Waals surface area contributed by atoms with Crippen LogP contribution in [0.25, 0.3) is 0 Å². The molecule has 0 amide bonds. The Morgan fingerprint density at radius 1 is 0.667 bits per heavy atom. The third-order valence-electron chi connectivity index (χ3n) is 6.29. The summed E-state index contributed by atoms with van der Waals surface area (Å²) in [6, 6.07) is 12.1. The molecular formula is C22H20Cl2O4S2. The summed E-state index contributed by atoms with van der Waals surface area (Å²) < 4.78 is 52.5. The normalized spacial score (nSPS) is 26.3. The van der Waals surface area contributed by atoms with Crippen molar-refractivity contribution in [3.63, 3.8) is 0 Å². The van der Waals surface area contributed by atoms with Gasteiger partial charge in [-0.3, -0.25) is 0 Å². The summed E-state index contributed by atoms with van der Waals surface area (Å²) in [5.74, 6) is 0. The van der Waals surface area contributed by atoms with Gasteiger partial charge >= 0.3 is 0 Å². The fraction of sp³-hybridized carbons (Fsp3) is 0.273. The Hall–Kier alpha value is -1.60. The van der Waals surface area contributed by atoms with E-state index in [1.807, 2.05) is 13.8 Å². The molecule has 2 aromatic rings. The van der Waals surface area contributed by atoms with Gasteiger partial charge in [-0.15, -0.1) is 0 Å². The average molecular weight is 483 g/mol. The minimum absolute atomic E-state index is 0.184. The van der Waals surface area contributed by atoms with Gasteiger partial charge in [-0.2, -0.15) is 0 Å². The number of hydrogen-bond donors (Lipinski definition) is 0. The predicted molar refractivity (Wildman–Crippen MR) is 119 cm³/mol.